The van der Waals surface area contributed by atoms with E-state index in [0.717, 1.165) is 25.0 Å². The monoisotopic (exact) mass is 325 g/mol. The number of non-ortho nitro benzene ring substituents is 1. The lowest BCUT2D eigenvalue weighted by molar-refractivity contribution is -0.385. The Morgan fingerprint density at radius 2 is 1.78 bits per heavy atom. The van der Waals surface area contributed by atoms with E-state index in [-0.39, 0.29) is 17.5 Å². The lowest BCUT2D eigenvalue weighted by atomic mass is 10.2. The summed E-state index contributed by atoms with van der Waals surface area (Å²) in [4.78, 5) is 25.2. The van der Waals surface area contributed by atoms with Crippen molar-refractivity contribution in [2.24, 2.45) is 5.92 Å². The van der Waals surface area contributed by atoms with Crippen molar-refractivity contribution in [1.82, 2.24) is 4.90 Å². The summed E-state index contributed by atoms with van der Waals surface area (Å²) >= 11 is 0. The lowest BCUT2D eigenvalue weighted by Gasteiger charge is -2.24. The van der Waals surface area contributed by atoms with Crippen LogP contribution in [0, 0.1) is 27.7 Å². The number of benzene rings is 1. The van der Waals surface area contributed by atoms with Gasteiger partial charge < -0.3 is 9.80 Å². The van der Waals surface area contributed by atoms with Gasteiger partial charge in [-0.1, -0.05) is 0 Å². The summed E-state index contributed by atoms with van der Waals surface area (Å²) in [5, 5.41) is 10.7. The molecule has 0 unspecified atom stereocenters. The smallest absolute Gasteiger partial charge is 0.275 e. The van der Waals surface area contributed by atoms with Crippen molar-refractivity contribution >= 4 is 17.3 Å². The van der Waals surface area contributed by atoms with Gasteiger partial charge in [-0.25, -0.2) is 8.78 Å². The van der Waals surface area contributed by atoms with Crippen LogP contribution in [0.1, 0.15) is 19.3 Å². The number of carbonyl (C=O) groups is 1. The fourth-order valence-electron chi connectivity index (χ4n) is 2.91. The maximum atomic E-state index is 14.1. The van der Waals surface area contributed by atoms with E-state index in [1.807, 2.05) is 0 Å². The van der Waals surface area contributed by atoms with Gasteiger partial charge in [-0.05, 0) is 19.3 Å². The second kappa shape index (κ2) is 6.10. The molecule has 1 saturated heterocycles. The molecule has 0 spiro atoms. The van der Waals surface area contributed by atoms with Crippen molar-refractivity contribution in [2.45, 2.75) is 19.3 Å². The molecule has 1 aromatic rings. The zero-order valence-electron chi connectivity index (χ0n) is 12.5. The molecule has 0 radical (unpaired) electrons. The second-order valence-electron chi connectivity index (χ2n) is 5.96. The zero-order chi connectivity index (χ0) is 16.6. The van der Waals surface area contributed by atoms with Gasteiger partial charge in [0.2, 0.25) is 5.91 Å². The first-order valence-corrected chi connectivity index (χ1v) is 7.64. The van der Waals surface area contributed by atoms with E-state index >= 15 is 0 Å². The first-order chi connectivity index (χ1) is 11.0. The molecule has 8 heteroatoms. The third-order valence-corrected chi connectivity index (χ3v) is 4.26. The quantitative estimate of drug-likeness (QED) is 0.632. The number of rotatable bonds is 3. The van der Waals surface area contributed by atoms with Crippen LogP contribution >= 0.6 is 0 Å². The summed E-state index contributed by atoms with van der Waals surface area (Å²) in [6.45, 7) is 1.69. The fourth-order valence-corrected chi connectivity index (χ4v) is 2.91. The summed E-state index contributed by atoms with van der Waals surface area (Å²) in [7, 11) is 0. The minimum atomic E-state index is -0.946. The fraction of sp³-hybridized carbons (Fsp3) is 0.533. The average molecular weight is 325 g/mol. The Balaban J connectivity index is 1.77. The molecular weight excluding hydrogens is 308 g/mol. The third-order valence-electron chi connectivity index (χ3n) is 4.26. The van der Waals surface area contributed by atoms with Crippen molar-refractivity contribution in [3.63, 3.8) is 0 Å². The van der Waals surface area contributed by atoms with Crippen molar-refractivity contribution in [3.8, 4) is 0 Å². The topological polar surface area (TPSA) is 66.7 Å². The van der Waals surface area contributed by atoms with Gasteiger partial charge in [-0.3, -0.25) is 14.9 Å². The Labute approximate surface area is 131 Å². The van der Waals surface area contributed by atoms with Crippen LogP contribution < -0.4 is 4.90 Å². The van der Waals surface area contributed by atoms with Gasteiger partial charge in [0.05, 0.1) is 17.1 Å². The third kappa shape index (κ3) is 3.25. The van der Waals surface area contributed by atoms with Crippen LogP contribution in [0.4, 0.5) is 20.2 Å². The van der Waals surface area contributed by atoms with Crippen LogP contribution in [0.5, 0.6) is 0 Å². The van der Waals surface area contributed by atoms with E-state index in [1.54, 1.807) is 4.90 Å². The Hall–Kier alpha value is -2.25. The number of hydrogen-bond acceptors (Lipinski definition) is 4. The number of nitro groups is 1. The standard InChI is InChI=1S/C15H17F2N3O3/c16-12-8-11(20(22)23)9-13(17)14(12)18-4-1-5-19(7-6-18)15(21)10-2-3-10/h8-10H,1-7H2. The Morgan fingerprint density at radius 3 is 2.35 bits per heavy atom. The number of anilines is 1. The molecule has 2 fully saturated rings. The molecule has 6 nitrogen and oxygen atoms in total. The van der Waals surface area contributed by atoms with E-state index in [9.17, 15) is 23.7 Å². The highest BCUT2D eigenvalue weighted by Gasteiger charge is 2.34. The lowest BCUT2D eigenvalue weighted by Crippen LogP contribution is -2.36. The predicted octanol–water partition coefficient (Wildman–Crippen LogP) is 2.32. The van der Waals surface area contributed by atoms with Crippen LogP contribution in [0.3, 0.4) is 0 Å². The number of amides is 1. The van der Waals surface area contributed by atoms with Crippen molar-refractivity contribution in [2.75, 3.05) is 31.1 Å². The Morgan fingerprint density at radius 1 is 1.13 bits per heavy atom. The van der Waals surface area contributed by atoms with Crippen molar-refractivity contribution in [1.29, 1.82) is 0 Å². The van der Waals surface area contributed by atoms with Crippen LogP contribution in [-0.2, 0) is 4.79 Å². The maximum absolute atomic E-state index is 14.1. The molecule has 0 bridgehead atoms. The second-order valence-corrected chi connectivity index (χ2v) is 5.96. The van der Waals surface area contributed by atoms with Crippen LogP contribution in [0.2, 0.25) is 0 Å². The normalized spacial score (nSPS) is 18.7. The number of nitrogens with zero attached hydrogens (tertiary/aromatic N) is 3. The van der Waals surface area contributed by atoms with Gasteiger partial charge in [0.25, 0.3) is 5.69 Å². The highest BCUT2D eigenvalue weighted by atomic mass is 19.1. The molecule has 23 heavy (non-hydrogen) atoms. The maximum Gasteiger partial charge on any atom is 0.275 e. The SMILES string of the molecule is O=C(C1CC1)N1CCCN(c2c(F)cc([N+](=O)[O-])cc2F)CC1. The van der Waals surface area contributed by atoms with E-state index in [2.05, 4.69) is 0 Å². The molecule has 0 aromatic heterocycles. The highest BCUT2D eigenvalue weighted by molar-refractivity contribution is 5.81. The number of carbonyl (C=O) groups excluding carboxylic acids is 1. The van der Waals surface area contributed by atoms with E-state index in [0.29, 0.717) is 32.6 Å². The Bertz CT molecular complexity index is 626. The van der Waals surface area contributed by atoms with E-state index < -0.39 is 22.2 Å². The molecular formula is C15H17F2N3O3. The van der Waals surface area contributed by atoms with Gasteiger partial charge in [-0.2, -0.15) is 0 Å². The first-order valence-electron chi connectivity index (χ1n) is 7.64. The molecule has 1 amide bonds. The van der Waals surface area contributed by atoms with Gasteiger partial charge in [0.15, 0.2) is 11.6 Å². The number of halogens is 2. The molecule has 0 atom stereocenters. The summed E-state index contributed by atoms with van der Waals surface area (Å²) < 4.78 is 28.2. The van der Waals surface area contributed by atoms with Crippen molar-refractivity contribution in [3.05, 3.63) is 33.9 Å². The summed E-state index contributed by atoms with van der Waals surface area (Å²) in [5.74, 6) is -1.65. The predicted molar refractivity (Wildman–Crippen MR) is 79.1 cm³/mol. The average Bonchev–Trinajstić information content (AvgIpc) is 3.33. The first kappa shape index (κ1) is 15.6. The van der Waals surface area contributed by atoms with Gasteiger partial charge in [0.1, 0.15) is 5.69 Å². The number of nitro benzene ring substituents is 1. The van der Waals surface area contributed by atoms with E-state index in [4.69, 9.17) is 0 Å². The summed E-state index contributed by atoms with van der Waals surface area (Å²) in [6, 6.07) is 1.47. The largest absolute Gasteiger partial charge is 0.365 e. The van der Waals surface area contributed by atoms with Gasteiger partial charge in [-0.15, -0.1) is 0 Å². The van der Waals surface area contributed by atoms with E-state index in [1.165, 1.54) is 4.90 Å². The molecule has 0 N–H and O–H groups in total. The molecule has 3 rings (SSSR count). The molecule has 124 valence electrons. The van der Waals surface area contributed by atoms with Crippen LogP contribution in [-0.4, -0.2) is 41.9 Å². The molecule has 1 aliphatic carbocycles. The molecule has 1 aliphatic heterocycles. The molecule has 1 saturated carbocycles. The molecule has 1 aromatic carbocycles. The van der Waals surface area contributed by atoms with Crippen molar-refractivity contribution < 1.29 is 18.5 Å². The van der Waals surface area contributed by atoms with Gasteiger partial charge in [0, 0.05) is 32.1 Å². The molecule has 1 heterocycles. The summed E-state index contributed by atoms with van der Waals surface area (Å²) in [6.07, 6.45) is 2.45. The molecule has 2 aliphatic rings. The highest BCUT2D eigenvalue weighted by Crippen LogP contribution is 2.32. The van der Waals surface area contributed by atoms with Gasteiger partial charge >= 0.3 is 0 Å². The zero-order valence-corrected chi connectivity index (χ0v) is 12.5. The summed E-state index contributed by atoms with van der Waals surface area (Å²) in [5.41, 5.74) is -0.861. The minimum absolute atomic E-state index is 0.120. The van der Waals surface area contributed by atoms with Crippen LogP contribution in [0.25, 0.3) is 0 Å². The Kier molecular flexibility index (Phi) is 4.14. The number of hydrogen-bond donors (Lipinski definition) is 0. The minimum Gasteiger partial charge on any atom is -0.365 e. The van der Waals surface area contributed by atoms with Crippen LogP contribution in [0.15, 0.2) is 12.1 Å².